The fourth-order valence-corrected chi connectivity index (χ4v) is 1.53. The number of carbonyl (C=O) groups is 1. The molecule has 0 aromatic heterocycles. The molecule has 1 saturated carbocycles. The molecule has 0 atom stereocenters. The second kappa shape index (κ2) is 6.19. The molecule has 18 heavy (non-hydrogen) atoms. The summed E-state index contributed by atoms with van der Waals surface area (Å²) in [4.78, 5) is 11.4. The Morgan fingerprint density at radius 3 is 3.00 bits per heavy atom. The number of ether oxygens (including phenoxy) is 1. The molecule has 1 fully saturated rings. The Balaban J connectivity index is 1.94. The van der Waals surface area contributed by atoms with Crippen LogP contribution < -0.4 is 10.2 Å². The van der Waals surface area contributed by atoms with Crippen LogP contribution in [0.25, 0.3) is 0 Å². The molecular weight excluding hydrogens is 228 g/mol. The Labute approximate surface area is 107 Å². The first-order valence-corrected chi connectivity index (χ1v) is 6.36. The first-order chi connectivity index (χ1) is 8.81. The molecule has 1 N–H and O–H groups in total. The highest BCUT2D eigenvalue weighted by molar-refractivity contribution is 5.86. The highest BCUT2D eigenvalue weighted by Gasteiger charge is 2.29. The van der Waals surface area contributed by atoms with Crippen molar-refractivity contribution in [1.29, 1.82) is 0 Å². The number of rotatable bonds is 6. The zero-order valence-corrected chi connectivity index (χ0v) is 10.6. The van der Waals surface area contributed by atoms with Crippen molar-refractivity contribution >= 4 is 12.1 Å². The number of carbonyl (C=O) groups excluding carboxylic acids is 1. The van der Waals surface area contributed by atoms with Crippen molar-refractivity contribution in [2.24, 2.45) is 11.0 Å². The van der Waals surface area contributed by atoms with Crippen LogP contribution in [0, 0.1) is 5.92 Å². The maximum atomic E-state index is 11.4. The lowest BCUT2D eigenvalue weighted by atomic mass is 10.2. The summed E-state index contributed by atoms with van der Waals surface area (Å²) in [5.41, 5.74) is 3.43. The smallest absolute Gasteiger partial charge is 0.243 e. The van der Waals surface area contributed by atoms with Gasteiger partial charge in [-0.3, -0.25) is 4.79 Å². The van der Waals surface area contributed by atoms with E-state index in [9.17, 15) is 4.79 Å². The Morgan fingerprint density at radius 1 is 1.50 bits per heavy atom. The van der Waals surface area contributed by atoms with Crippen LogP contribution in [0.3, 0.4) is 0 Å². The van der Waals surface area contributed by atoms with E-state index in [1.165, 1.54) is 0 Å². The van der Waals surface area contributed by atoms with Gasteiger partial charge in [0, 0.05) is 11.5 Å². The van der Waals surface area contributed by atoms with E-state index in [0.717, 1.165) is 30.6 Å². The molecule has 0 saturated heterocycles. The summed E-state index contributed by atoms with van der Waals surface area (Å²) in [7, 11) is 0. The summed E-state index contributed by atoms with van der Waals surface area (Å²) in [6, 6.07) is 7.66. The molecule has 1 aliphatic carbocycles. The third-order valence-corrected chi connectivity index (χ3v) is 2.71. The molecule has 4 heteroatoms. The summed E-state index contributed by atoms with van der Waals surface area (Å²) >= 11 is 0. The predicted molar refractivity (Wildman–Crippen MR) is 70.7 cm³/mol. The fraction of sp³-hybridized carbons (Fsp3) is 0.429. The Morgan fingerprint density at radius 2 is 2.28 bits per heavy atom. The SMILES string of the molecule is CCCOc1ccccc1/C=N\NC(=O)C1CC1. The minimum absolute atomic E-state index is 0.0122. The van der Waals surface area contributed by atoms with Gasteiger partial charge in [0.2, 0.25) is 5.91 Å². The molecule has 0 bridgehead atoms. The zero-order valence-electron chi connectivity index (χ0n) is 10.6. The average molecular weight is 246 g/mol. The Bertz CT molecular complexity index is 439. The molecule has 4 nitrogen and oxygen atoms in total. The number of amides is 1. The molecule has 1 aromatic rings. The zero-order chi connectivity index (χ0) is 12.8. The summed E-state index contributed by atoms with van der Waals surface area (Å²) in [5, 5.41) is 3.97. The van der Waals surface area contributed by atoms with E-state index in [-0.39, 0.29) is 11.8 Å². The first-order valence-electron chi connectivity index (χ1n) is 6.36. The van der Waals surface area contributed by atoms with Crippen LogP contribution in [-0.2, 0) is 4.79 Å². The third-order valence-electron chi connectivity index (χ3n) is 2.71. The quantitative estimate of drug-likeness (QED) is 0.618. The van der Waals surface area contributed by atoms with Crippen LogP contribution in [-0.4, -0.2) is 18.7 Å². The van der Waals surface area contributed by atoms with Crippen LogP contribution >= 0.6 is 0 Å². The minimum Gasteiger partial charge on any atom is -0.493 e. The molecule has 1 aliphatic rings. The van der Waals surface area contributed by atoms with E-state index < -0.39 is 0 Å². The van der Waals surface area contributed by atoms with E-state index in [1.807, 2.05) is 24.3 Å². The maximum Gasteiger partial charge on any atom is 0.243 e. The van der Waals surface area contributed by atoms with Gasteiger partial charge in [-0.05, 0) is 31.4 Å². The predicted octanol–water partition coefficient (Wildman–Crippen LogP) is 2.34. The van der Waals surface area contributed by atoms with Gasteiger partial charge in [-0.15, -0.1) is 0 Å². The van der Waals surface area contributed by atoms with Gasteiger partial charge in [-0.25, -0.2) is 5.43 Å². The normalized spacial score (nSPS) is 14.7. The topological polar surface area (TPSA) is 50.7 Å². The number of hydrogen-bond acceptors (Lipinski definition) is 3. The maximum absolute atomic E-state index is 11.4. The molecular formula is C14H18N2O2. The Kier molecular flexibility index (Phi) is 4.34. The van der Waals surface area contributed by atoms with Crippen molar-refractivity contribution in [3.05, 3.63) is 29.8 Å². The number of nitrogens with one attached hydrogen (secondary N) is 1. The third kappa shape index (κ3) is 3.58. The number of para-hydroxylation sites is 1. The minimum atomic E-state index is 0.0122. The lowest BCUT2D eigenvalue weighted by molar-refractivity contribution is -0.122. The lowest BCUT2D eigenvalue weighted by Crippen LogP contribution is -2.19. The van der Waals surface area contributed by atoms with Crippen molar-refractivity contribution in [3.8, 4) is 5.75 Å². The fourth-order valence-electron chi connectivity index (χ4n) is 1.53. The highest BCUT2D eigenvalue weighted by Crippen LogP contribution is 2.28. The van der Waals surface area contributed by atoms with Gasteiger partial charge < -0.3 is 4.74 Å². The first kappa shape index (κ1) is 12.6. The van der Waals surface area contributed by atoms with Gasteiger partial charge in [-0.2, -0.15) is 5.10 Å². The molecule has 0 aliphatic heterocycles. The number of benzene rings is 1. The second-order valence-corrected chi connectivity index (χ2v) is 4.39. The summed E-state index contributed by atoms with van der Waals surface area (Å²) in [6.45, 7) is 2.74. The summed E-state index contributed by atoms with van der Waals surface area (Å²) < 4.78 is 5.60. The van der Waals surface area contributed by atoms with Gasteiger partial charge in [0.05, 0.1) is 12.8 Å². The lowest BCUT2D eigenvalue weighted by Gasteiger charge is -2.07. The van der Waals surface area contributed by atoms with E-state index >= 15 is 0 Å². The highest BCUT2D eigenvalue weighted by atomic mass is 16.5. The van der Waals surface area contributed by atoms with Gasteiger partial charge in [0.1, 0.15) is 5.75 Å². The van der Waals surface area contributed by atoms with Crippen molar-refractivity contribution in [2.45, 2.75) is 26.2 Å². The van der Waals surface area contributed by atoms with Crippen molar-refractivity contribution in [1.82, 2.24) is 5.43 Å². The van der Waals surface area contributed by atoms with Crippen LogP contribution in [0.5, 0.6) is 5.75 Å². The van der Waals surface area contributed by atoms with E-state index in [0.29, 0.717) is 6.61 Å². The van der Waals surface area contributed by atoms with Crippen LogP contribution in [0.1, 0.15) is 31.7 Å². The molecule has 1 aromatic carbocycles. The number of nitrogens with zero attached hydrogens (tertiary/aromatic N) is 1. The number of hydrazone groups is 1. The summed E-state index contributed by atoms with van der Waals surface area (Å²) in [5.74, 6) is 0.982. The average Bonchev–Trinajstić information content (AvgIpc) is 3.22. The molecule has 0 heterocycles. The van der Waals surface area contributed by atoms with Crippen molar-refractivity contribution in [3.63, 3.8) is 0 Å². The van der Waals surface area contributed by atoms with Crippen LogP contribution in [0.4, 0.5) is 0 Å². The van der Waals surface area contributed by atoms with E-state index in [4.69, 9.17) is 4.74 Å². The van der Waals surface area contributed by atoms with Gasteiger partial charge in [0.15, 0.2) is 0 Å². The molecule has 2 rings (SSSR count). The molecule has 1 amide bonds. The van der Waals surface area contributed by atoms with Crippen LogP contribution in [0.15, 0.2) is 29.4 Å². The summed E-state index contributed by atoms with van der Waals surface area (Å²) in [6.07, 6.45) is 4.56. The Hall–Kier alpha value is -1.84. The van der Waals surface area contributed by atoms with Crippen molar-refractivity contribution in [2.75, 3.05) is 6.61 Å². The second-order valence-electron chi connectivity index (χ2n) is 4.39. The standard InChI is InChI=1S/C14H18N2O2/c1-2-9-18-13-6-4-3-5-12(13)10-15-16-14(17)11-7-8-11/h3-6,10-11H,2,7-9H2,1H3,(H,16,17)/b15-10-. The van der Waals surface area contributed by atoms with Gasteiger partial charge >= 0.3 is 0 Å². The molecule has 0 spiro atoms. The largest absolute Gasteiger partial charge is 0.493 e. The van der Waals surface area contributed by atoms with E-state index in [1.54, 1.807) is 6.21 Å². The number of hydrogen-bond donors (Lipinski definition) is 1. The van der Waals surface area contributed by atoms with Gasteiger partial charge in [0.25, 0.3) is 0 Å². The molecule has 0 radical (unpaired) electrons. The monoisotopic (exact) mass is 246 g/mol. The molecule has 0 unspecified atom stereocenters. The van der Waals surface area contributed by atoms with Crippen molar-refractivity contribution < 1.29 is 9.53 Å². The van der Waals surface area contributed by atoms with Crippen LogP contribution in [0.2, 0.25) is 0 Å². The van der Waals surface area contributed by atoms with Gasteiger partial charge in [-0.1, -0.05) is 19.1 Å². The molecule has 96 valence electrons. The van der Waals surface area contributed by atoms with E-state index in [2.05, 4.69) is 17.5 Å².